The number of rotatable bonds is 5. The summed E-state index contributed by atoms with van der Waals surface area (Å²) in [6.45, 7) is 28.6. The maximum absolute atomic E-state index is 13.0. The van der Waals surface area contributed by atoms with E-state index in [9.17, 15) is 4.79 Å². The van der Waals surface area contributed by atoms with Gasteiger partial charge < -0.3 is 9.30 Å². The number of allylic oxidation sites excluding steroid dienone is 3. The van der Waals surface area contributed by atoms with E-state index in [2.05, 4.69) is 116 Å². The fourth-order valence-corrected chi connectivity index (χ4v) is 5.86. The zero-order valence-electron chi connectivity index (χ0n) is 27.1. The van der Waals surface area contributed by atoms with Crippen molar-refractivity contribution in [1.29, 1.82) is 0 Å². The van der Waals surface area contributed by atoms with Crippen LogP contribution in [0.5, 0.6) is 0 Å². The summed E-state index contributed by atoms with van der Waals surface area (Å²) in [7, 11) is 0. The third-order valence-electron chi connectivity index (χ3n) is 7.95. The normalized spacial score (nSPS) is 19.3. The molecule has 4 rings (SSSR count). The Bertz CT molecular complexity index is 1310. The van der Waals surface area contributed by atoms with Gasteiger partial charge in [0.15, 0.2) is 0 Å². The number of ether oxygens (including phenoxy) is 1. The van der Waals surface area contributed by atoms with Crippen molar-refractivity contribution in [3.05, 3.63) is 71.3 Å². The van der Waals surface area contributed by atoms with E-state index in [0.717, 1.165) is 12.8 Å². The van der Waals surface area contributed by atoms with Crippen LogP contribution >= 0.6 is 0 Å². The fraction of sp³-hybridized carbons (Fsp3) is 0.541. The summed E-state index contributed by atoms with van der Waals surface area (Å²) >= 11 is 0. The van der Waals surface area contributed by atoms with Crippen LogP contribution in [0.4, 0.5) is 0 Å². The van der Waals surface area contributed by atoms with Crippen LogP contribution in [0.1, 0.15) is 100 Å². The van der Waals surface area contributed by atoms with E-state index < -0.39 is 0 Å². The Morgan fingerprint density at radius 2 is 1.38 bits per heavy atom. The van der Waals surface area contributed by atoms with Gasteiger partial charge in [-0.1, -0.05) is 77.8 Å². The summed E-state index contributed by atoms with van der Waals surface area (Å²) in [5.41, 5.74) is 7.75. The lowest BCUT2D eigenvalue weighted by molar-refractivity contribution is -0.149. The number of hydrogen-bond acceptors (Lipinski definition) is 2. The second-order valence-corrected chi connectivity index (χ2v) is 14.5. The van der Waals surface area contributed by atoms with Crippen LogP contribution in [0.3, 0.4) is 0 Å². The number of fused-ring (bicyclic) bond motifs is 3. The number of esters is 1. The lowest BCUT2D eigenvalue weighted by Crippen LogP contribution is -2.22. The van der Waals surface area contributed by atoms with Crippen LogP contribution in [0.25, 0.3) is 21.8 Å². The van der Waals surface area contributed by atoms with E-state index in [1.807, 2.05) is 13.8 Å². The van der Waals surface area contributed by atoms with Gasteiger partial charge in [-0.2, -0.15) is 0 Å². The van der Waals surface area contributed by atoms with Gasteiger partial charge in [0, 0.05) is 21.8 Å². The lowest BCUT2D eigenvalue weighted by atomic mass is 9.85. The Balaban J connectivity index is 0.00000103. The Kier molecular flexibility index (Phi) is 9.81. The minimum absolute atomic E-state index is 0.00689. The highest BCUT2D eigenvalue weighted by molar-refractivity contribution is 6.08. The summed E-state index contributed by atoms with van der Waals surface area (Å²) in [6.07, 6.45) is 4.30. The molecule has 3 atom stereocenters. The van der Waals surface area contributed by atoms with Crippen LogP contribution in [-0.4, -0.2) is 17.1 Å². The standard InChI is InChI=1S/C33H45NO2.C4H8/c1-21(2)16-23-17-22(3)26(18-23)31(35)36-15-14-34-29-12-10-24(32(4,5)6)19-27(29)28-20-25(33(7,8)9)11-13-30(28)34;1-4(2)3/h10-13,16,19-20,22-23,26H,14-15,17-18H2,1-9H3;1H2,2-3H3. The lowest BCUT2D eigenvalue weighted by Gasteiger charge is -2.19. The number of hydrogen-bond donors (Lipinski definition) is 0. The predicted molar refractivity (Wildman–Crippen MR) is 173 cm³/mol. The summed E-state index contributed by atoms with van der Waals surface area (Å²) < 4.78 is 8.23. The third kappa shape index (κ3) is 7.68. The van der Waals surface area contributed by atoms with E-state index in [4.69, 9.17) is 4.74 Å². The molecule has 1 aliphatic carbocycles. The van der Waals surface area contributed by atoms with Crippen molar-refractivity contribution in [3.8, 4) is 0 Å². The molecule has 0 spiro atoms. The van der Waals surface area contributed by atoms with Crippen molar-refractivity contribution in [2.75, 3.05) is 6.61 Å². The average Bonchev–Trinajstić information content (AvgIpc) is 3.33. The van der Waals surface area contributed by atoms with E-state index in [1.54, 1.807) is 0 Å². The van der Waals surface area contributed by atoms with Gasteiger partial charge in [-0.05, 0) is 98.6 Å². The van der Waals surface area contributed by atoms with Crippen LogP contribution < -0.4 is 0 Å². The third-order valence-corrected chi connectivity index (χ3v) is 7.95. The first-order chi connectivity index (χ1) is 18.5. The first kappa shape index (κ1) is 31.7. The number of carbonyl (C=O) groups is 1. The number of nitrogens with zero attached hydrogens (tertiary/aromatic N) is 1. The minimum atomic E-state index is -0.0297. The van der Waals surface area contributed by atoms with Gasteiger partial charge in [0.1, 0.15) is 6.61 Å². The van der Waals surface area contributed by atoms with Gasteiger partial charge >= 0.3 is 5.97 Å². The van der Waals surface area contributed by atoms with Gasteiger partial charge in [0.25, 0.3) is 0 Å². The maximum atomic E-state index is 13.0. The second kappa shape index (κ2) is 12.4. The van der Waals surface area contributed by atoms with E-state index >= 15 is 0 Å². The van der Waals surface area contributed by atoms with Crippen molar-refractivity contribution in [3.63, 3.8) is 0 Å². The second-order valence-electron chi connectivity index (χ2n) is 14.5. The first-order valence-electron chi connectivity index (χ1n) is 15.0. The molecule has 40 heavy (non-hydrogen) atoms. The van der Waals surface area contributed by atoms with Crippen molar-refractivity contribution in [1.82, 2.24) is 4.57 Å². The molecule has 1 aliphatic rings. The van der Waals surface area contributed by atoms with Crippen molar-refractivity contribution < 1.29 is 9.53 Å². The number of aromatic nitrogens is 1. The molecule has 2 aromatic carbocycles. The van der Waals surface area contributed by atoms with Crippen LogP contribution in [-0.2, 0) is 26.9 Å². The molecule has 0 aliphatic heterocycles. The summed E-state index contributed by atoms with van der Waals surface area (Å²) in [5.74, 6) is 0.845. The number of benzene rings is 2. The molecule has 3 aromatic rings. The molecule has 3 nitrogen and oxygen atoms in total. The molecule has 3 heteroatoms. The van der Waals surface area contributed by atoms with Gasteiger partial charge in [0.05, 0.1) is 12.5 Å². The quantitative estimate of drug-likeness (QED) is 0.237. The number of carbonyl (C=O) groups excluding carboxylic acids is 1. The van der Waals surface area contributed by atoms with Crippen LogP contribution in [0.15, 0.2) is 60.2 Å². The van der Waals surface area contributed by atoms with Crippen molar-refractivity contribution in [2.24, 2.45) is 17.8 Å². The van der Waals surface area contributed by atoms with Crippen molar-refractivity contribution >= 4 is 27.8 Å². The molecule has 0 N–H and O–H groups in total. The van der Waals surface area contributed by atoms with E-state index in [-0.39, 0.29) is 22.7 Å². The molecule has 1 heterocycles. The van der Waals surface area contributed by atoms with Crippen LogP contribution in [0.2, 0.25) is 0 Å². The summed E-state index contributed by atoms with van der Waals surface area (Å²) in [5, 5.41) is 2.56. The first-order valence-corrected chi connectivity index (χ1v) is 15.0. The Morgan fingerprint density at radius 1 is 0.900 bits per heavy atom. The van der Waals surface area contributed by atoms with Gasteiger partial charge in [-0.25, -0.2) is 0 Å². The molecule has 0 bridgehead atoms. The zero-order chi connectivity index (χ0) is 30.0. The van der Waals surface area contributed by atoms with Crippen molar-refractivity contribution in [2.45, 2.75) is 106 Å². The molecular formula is C37H53NO2. The molecule has 1 aromatic heterocycles. The molecule has 0 radical (unpaired) electrons. The smallest absolute Gasteiger partial charge is 0.309 e. The predicted octanol–water partition coefficient (Wildman–Crippen LogP) is 10.1. The Morgan fingerprint density at radius 3 is 1.80 bits per heavy atom. The van der Waals surface area contributed by atoms with Gasteiger partial charge in [-0.3, -0.25) is 4.79 Å². The van der Waals surface area contributed by atoms with E-state index in [1.165, 1.54) is 44.1 Å². The largest absolute Gasteiger partial charge is 0.464 e. The minimum Gasteiger partial charge on any atom is -0.464 e. The topological polar surface area (TPSA) is 31.2 Å². The average molecular weight is 544 g/mol. The fourth-order valence-electron chi connectivity index (χ4n) is 5.86. The summed E-state index contributed by atoms with van der Waals surface area (Å²) in [4.78, 5) is 13.0. The summed E-state index contributed by atoms with van der Waals surface area (Å²) in [6, 6.07) is 13.7. The highest BCUT2D eigenvalue weighted by Crippen LogP contribution is 2.39. The zero-order valence-corrected chi connectivity index (χ0v) is 27.1. The van der Waals surface area contributed by atoms with Crippen LogP contribution in [0, 0.1) is 17.8 Å². The maximum Gasteiger partial charge on any atom is 0.309 e. The molecule has 3 unspecified atom stereocenters. The highest BCUT2D eigenvalue weighted by atomic mass is 16.5. The molecule has 1 saturated carbocycles. The monoisotopic (exact) mass is 543 g/mol. The Hall–Kier alpha value is -2.81. The SMILES string of the molecule is C=C(C)C.CC(C)=CC1CC(C)C(C(=O)OCCn2c3ccc(C(C)(C)C)cc3c3cc(C(C)(C)C)ccc32)C1. The molecule has 0 saturated heterocycles. The van der Waals surface area contributed by atoms with E-state index in [0.29, 0.717) is 25.0 Å². The Labute approximate surface area is 243 Å². The molecular weight excluding hydrogens is 490 g/mol. The molecule has 1 fully saturated rings. The molecule has 0 amide bonds. The van der Waals surface area contributed by atoms with Gasteiger partial charge in [-0.15, -0.1) is 6.58 Å². The highest BCUT2D eigenvalue weighted by Gasteiger charge is 2.36. The molecule has 218 valence electrons. The van der Waals surface area contributed by atoms with Gasteiger partial charge in [0.2, 0.25) is 0 Å².